The molecule has 0 saturated heterocycles. The minimum absolute atomic E-state index is 0.152. The maximum atomic E-state index is 13.1. The van der Waals surface area contributed by atoms with Crippen LogP contribution in [0.25, 0.3) is 17.0 Å². The molecular weight excluding hydrogens is 388 g/mol. The van der Waals surface area contributed by atoms with Crippen LogP contribution in [-0.4, -0.2) is 33.9 Å². The zero-order valence-corrected chi connectivity index (χ0v) is 18.6. The van der Waals surface area contributed by atoms with Crippen LogP contribution in [0.1, 0.15) is 49.2 Å². The number of phenols is 1. The lowest BCUT2D eigenvalue weighted by molar-refractivity contribution is 0.101. The number of fused-ring (bicyclic) bond motifs is 2. The van der Waals surface area contributed by atoms with Gasteiger partial charge in [-0.15, -0.1) is 0 Å². The molecule has 0 fully saturated rings. The number of nitrogens with one attached hydrogen (secondary N) is 1. The lowest BCUT2D eigenvalue weighted by Gasteiger charge is -2.27. The van der Waals surface area contributed by atoms with Crippen LogP contribution >= 0.6 is 0 Å². The van der Waals surface area contributed by atoms with Gasteiger partial charge in [-0.1, -0.05) is 45.9 Å². The minimum atomic E-state index is -0.152. The summed E-state index contributed by atoms with van der Waals surface area (Å²) in [5.74, 6) is 1.77. The van der Waals surface area contributed by atoms with Crippen molar-refractivity contribution >= 4 is 22.8 Å². The Labute approximate surface area is 183 Å². The average molecular weight is 419 g/mol. The highest BCUT2D eigenvalue weighted by Crippen LogP contribution is 2.40. The van der Waals surface area contributed by atoms with Gasteiger partial charge in [0.25, 0.3) is 0 Å². The molecule has 2 aromatic carbocycles. The zero-order valence-electron chi connectivity index (χ0n) is 18.6. The predicted octanol–water partition coefficient (Wildman–Crippen LogP) is 5.60. The number of carbonyl (C=O) groups is 1. The van der Waals surface area contributed by atoms with Crippen molar-refractivity contribution < 1.29 is 14.6 Å². The fourth-order valence-electron chi connectivity index (χ4n) is 4.26. The van der Waals surface area contributed by atoms with Crippen molar-refractivity contribution in [1.29, 1.82) is 0 Å². The number of benzene rings is 2. The van der Waals surface area contributed by atoms with E-state index in [0.29, 0.717) is 35.3 Å². The van der Waals surface area contributed by atoms with Gasteiger partial charge >= 0.3 is 0 Å². The first-order valence-corrected chi connectivity index (χ1v) is 10.9. The maximum absolute atomic E-state index is 13.1. The number of hydrogen-bond donors (Lipinski definition) is 2. The van der Waals surface area contributed by atoms with Crippen LogP contribution in [0.5, 0.6) is 11.5 Å². The van der Waals surface area contributed by atoms with Crippen molar-refractivity contribution in [1.82, 2.24) is 9.88 Å². The number of aromatic amines is 1. The van der Waals surface area contributed by atoms with Gasteiger partial charge in [0.1, 0.15) is 11.5 Å². The summed E-state index contributed by atoms with van der Waals surface area (Å²) in [5.41, 5.74) is 3.09. The molecule has 4 rings (SSSR count). The molecular formula is C26H30N2O3. The highest BCUT2D eigenvalue weighted by atomic mass is 16.5. The predicted molar refractivity (Wildman–Crippen MR) is 124 cm³/mol. The molecule has 162 valence electrons. The molecule has 31 heavy (non-hydrogen) atoms. The van der Waals surface area contributed by atoms with Gasteiger partial charge in [0, 0.05) is 42.3 Å². The van der Waals surface area contributed by atoms with Crippen LogP contribution in [0.15, 0.2) is 48.4 Å². The number of para-hydroxylation sites is 1. The number of H-pyrrole nitrogens is 1. The smallest absolute Gasteiger partial charge is 0.231 e. The van der Waals surface area contributed by atoms with Gasteiger partial charge in [-0.3, -0.25) is 9.69 Å². The Morgan fingerprint density at radius 3 is 2.48 bits per heavy atom. The number of aromatic hydroxyl groups is 1. The second-order valence-corrected chi connectivity index (χ2v) is 9.15. The van der Waals surface area contributed by atoms with Crippen molar-refractivity contribution in [2.24, 2.45) is 11.8 Å². The number of carbonyl (C=O) groups excluding carboxylic acids is 1. The molecule has 0 amide bonds. The molecule has 2 heterocycles. The van der Waals surface area contributed by atoms with E-state index in [2.05, 4.69) is 37.6 Å². The molecule has 0 atom stereocenters. The van der Waals surface area contributed by atoms with Gasteiger partial charge in [0.2, 0.25) is 5.78 Å². The van der Waals surface area contributed by atoms with Crippen LogP contribution < -0.4 is 4.74 Å². The maximum Gasteiger partial charge on any atom is 0.231 e. The third-order valence-electron chi connectivity index (χ3n) is 5.45. The molecule has 0 unspecified atom stereocenters. The van der Waals surface area contributed by atoms with E-state index < -0.39 is 0 Å². The minimum Gasteiger partial charge on any atom is -0.507 e. The largest absolute Gasteiger partial charge is 0.507 e. The van der Waals surface area contributed by atoms with Crippen LogP contribution in [0.4, 0.5) is 0 Å². The Bertz CT molecular complexity index is 1130. The second-order valence-electron chi connectivity index (χ2n) is 9.15. The number of Topliss-reactive ketones (excluding diaryl/α,β-unsaturated/α-hetero) is 1. The quantitative estimate of drug-likeness (QED) is 0.490. The van der Waals surface area contributed by atoms with Gasteiger partial charge in [-0.05, 0) is 36.1 Å². The van der Waals surface area contributed by atoms with Crippen LogP contribution in [-0.2, 0) is 6.54 Å². The fourth-order valence-corrected chi connectivity index (χ4v) is 4.26. The van der Waals surface area contributed by atoms with E-state index >= 15 is 0 Å². The Morgan fingerprint density at radius 1 is 1.06 bits per heavy atom. The molecule has 5 nitrogen and oxygen atoms in total. The summed E-state index contributed by atoms with van der Waals surface area (Å²) in [7, 11) is 0. The van der Waals surface area contributed by atoms with E-state index in [4.69, 9.17) is 4.74 Å². The molecule has 0 saturated carbocycles. The summed E-state index contributed by atoms with van der Waals surface area (Å²) >= 11 is 0. The molecule has 0 spiro atoms. The molecule has 5 heteroatoms. The summed E-state index contributed by atoms with van der Waals surface area (Å²) in [5, 5.41) is 11.7. The summed E-state index contributed by atoms with van der Waals surface area (Å²) < 4.78 is 6.08. The van der Waals surface area contributed by atoms with Gasteiger partial charge in [-0.25, -0.2) is 0 Å². The molecule has 0 bridgehead atoms. The van der Waals surface area contributed by atoms with Crippen LogP contribution in [0, 0.1) is 11.8 Å². The number of phenolic OH excluding ortho intramolecular Hbond substituents is 1. The highest BCUT2D eigenvalue weighted by Gasteiger charge is 2.32. The molecule has 1 aliphatic rings. The zero-order chi connectivity index (χ0) is 22.1. The highest BCUT2D eigenvalue weighted by molar-refractivity contribution is 6.15. The number of hydrogen-bond acceptors (Lipinski definition) is 4. The summed E-state index contributed by atoms with van der Waals surface area (Å²) in [6.07, 6.45) is 3.66. The standard InChI is InChI=1S/C26H30N2O3/c1-16(2)13-28(14-17(3)4)15-21-23(29)10-9-20-25(30)24(31-26(20)21)11-18-12-27-22-8-6-5-7-19(18)22/h5-12,16-17,27,29H,13-15H2,1-4H3. The molecule has 0 aliphatic carbocycles. The third kappa shape index (κ3) is 4.37. The van der Waals surface area contributed by atoms with Gasteiger partial charge < -0.3 is 14.8 Å². The van der Waals surface area contributed by atoms with Gasteiger partial charge in [0.05, 0.1) is 11.1 Å². The van der Waals surface area contributed by atoms with Crippen LogP contribution in [0.3, 0.4) is 0 Å². The Balaban J connectivity index is 1.68. The van der Waals surface area contributed by atoms with Crippen molar-refractivity contribution in [2.75, 3.05) is 13.1 Å². The molecule has 0 radical (unpaired) electrons. The number of ether oxygens (including phenoxy) is 1. The van der Waals surface area contributed by atoms with Gasteiger partial charge in [0.15, 0.2) is 5.76 Å². The monoisotopic (exact) mass is 418 g/mol. The van der Waals surface area contributed by atoms with Crippen LogP contribution in [0.2, 0.25) is 0 Å². The number of aromatic nitrogens is 1. The third-order valence-corrected chi connectivity index (χ3v) is 5.45. The van der Waals surface area contributed by atoms with Crippen molar-refractivity contribution in [3.8, 4) is 11.5 Å². The first-order valence-electron chi connectivity index (χ1n) is 10.9. The van der Waals surface area contributed by atoms with E-state index in [9.17, 15) is 9.90 Å². The summed E-state index contributed by atoms with van der Waals surface area (Å²) in [4.78, 5) is 18.6. The number of ketones is 1. The SMILES string of the molecule is CC(C)CN(Cc1c(O)ccc2c1OC(=Cc1c[nH]c3ccccc13)C2=O)CC(C)C. The van der Waals surface area contributed by atoms with Crippen molar-refractivity contribution in [3.63, 3.8) is 0 Å². The molecule has 1 aliphatic heterocycles. The number of nitrogens with zero attached hydrogens (tertiary/aromatic N) is 1. The number of allylic oxidation sites excluding steroid dienone is 1. The van der Waals surface area contributed by atoms with Crippen molar-refractivity contribution in [3.05, 3.63) is 65.0 Å². The lowest BCUT2D eigenvalue weighted by atomic mass is 10.0. The van der Waals surface area contributed by atoms with E-state index in [1.54, 1.807) is 18.2 Å². The molecule has 3 aromatic rings. The fraction of sp³-hybridized carbons (Fsp3) is 0.346. The van der Waals surface area contributed by atoms with E-state index in [-0.39, 0.29) is 17.3 Å². The lowest BCUT2D eigenvalue weighted by Crippen LogP contribution is -2.31. The van der Waals surface area contributed by atoms with E-state index in [0.717, 1.165) is 29.6 Å². The molecule has 2 N–H and O–H groups in total. The Hall–Kier alpha value is -3.05. The first kappa shape index (κ1) is 21.2. The van der Waals surface area contributed by atoms with E-state index in [1.807, 2.05) is 30.5 Å². The summed E-state index contributed by atoms with van der Waals surface area (Å²) in [6, 6.07) is 11.2. The van der Waals surface area contributed by atoms with Crippen molar-refractivity contribution in [2.45, 2.75) is 34.2 Å². The second kappa shape index (κ2) is 8.60. The molecule has 1 aromatic heterocycles. The average Bonchev–Trinajstić information content (AvgIpc) is 3.25. The van der Waals surface area contributed by atoms with Gasteiger partial charge in [-0.2, -0.15) is 0 Å². The number of rotatable bonds is 7. The Kier molecular flexibility index (Phi) is 5.88. The summed E-state index contributed by atoms with van der Waals surface area (Å²) in [6.45, 7) is 11.1. The topological polar surface area (TPSA) is 65.6 Å². The Morgan fingerprint density at radius 2 is 1.77 bits per heavy atom. The first-order chi connectivity index (χ1) is 14.8. The normalized spacial score (nSPS) is 14.9. The van der Waals surface area contributed by atoms with E-state index in [1.165, 1.54) is 0 Å².